The van der Waals surface area contributed by atoms with Crippen molar-refractivity contribution in [2.24, 2.45) is 0 Å². The largest absolute Gasteiger partial charge is 0.333 e. The molecule has 19 heavy (non-hydrogen) atoms. The molecule has 0 N–H and O–H groups in total. The molecule has 6 nitrogen and oxygen atoms in total. The zero-order chi connectivity index (χ0) is 14.0. The van der Waals surface area contributed by atoms with Crippen molar-refractivity contribution in [3.05, 3.63) is 28.1 Å². The Balaban J connectivity index is 2.01. The fourth-order valence-electron chi connectivity index (χ4n) is 1.96. The molecule has 7 heteroatoms. The summed E-state index contributed by atoms with van der Waals surface area (Å²) in [6.07, 6.45) is 3.01. The molecule has 2 rings (SSSR count). The van der Waals surface area contributed by atoms with Gasteiger partial charge in [0.1, 0.15) is 0 Å². The van der Waals surface area contributed by atoms with Crippen LogP contribution in [0.15, 0.2) is 18.9 Å². The van der Waals surface area contributed by atoms with Crippen LogP contribution in [0.4, 0.5) is 0 Å². The lowest BCUT2D eigenvalue weighted by atomic mass is 10.3. The van der Waals surface area contributed by atoms with Crippen molar-refractivity contribution >= 4 is 34.4 Å². The van der Waals surface area contributed by atoms with Crippen molar-refractivity contribution < 1.29 is 9.59 Å². The molecule has 2 heterocycles. The van der Waals surface area contributed by atoms with E-state index in [9.17, 15) is 9.59 Å². The molecule has 2 amide bonds. The molecule has 0 radical (unpaired) electrons. The second-order valence-corrected chi connectivity index (χ2v) is 5.54. The fourth-order valence-corrected chi connectivity index (χ4v) is 2.54. The first-order chi connectivity index (χ1) is 9.02. The Labute approximate surface area is 125 Å². The van der Waals surface area contributed by atoms with Gasteiger partial charge in [0.2, 0.25) is 11.8 Å². The number of hydrogen-bond donors (Lipinski definition) is 0. The van der Waals surface area contributed by atoms with Gasteiger partial charge in [0.15, 0.2) is 0 Å². The lowest BCUT2D eigenvalue weighted by molar-refractivity contribution is -0.138. The van der Waals surface area contributed by atoms with Crippen LogP contribution in [0, 0.1) is 3.57 Å². The normalized spacial score (nSPS) is 13.9. The maximum atomic E-state index is 12.1. The average Bonchev–Trinajstić information content (AvgIpc) is 2.78. The Hall–Kier alpha value is -1.38. The summed E-state index contributed by atoms with van der Waals surface area (Å²) in [7, 11) is 1.60. The van der Waals surface area contributed by atoms with Gasteiger partial charge in [-0.1, -0.05) is 6.58 Å². The second-order valence-electron chi connectivity index (χ2n) is 4.38. The number of halogens is 1. The Bertz CT molecular complexity index is 526. The third kappa shape index (κ3) is 2.96. The number of hydrogen-bond acceptors (Lipinski definition) is 3. The number of carbonyl (C=O) groups excluding carboxylic acids is 2. The molecule has 0 unspecified atom stereocenters. The van der Waals surface area contributed by atoms with E-state index in [1.807, 2.05) is 4.68 Å². The third-order valence-corrected chi connectivity index (χ3v) is 4.00. The zero-order valence-corrected chi connectivity index (χ0v) is 12.8. The van der Waals surface area contributed by atoms with Crippen LogP contribution in [-0.4, -0.2) is 51.5 Å². The Kier molecular flexibility index (Phi) is 4.23. The quantitative estimate of drug-likeness (QED) is 0.571. The Morgan fingerprint density at radius 3 is 3.00 bits per heavy atom. The highest BCUT2D eigenvalue weighted by atomic mass is 127. The van der Waals surface area contributed by atoms with E-state index in [1.54, 1.807) is 18.1 Å². The summed E-state index contributed by atoms with van der Waals surface area (Å²) in [4.78, 5) is 26.6. The van der Waals surface area contributed by atoms with Gasteiger partial charge in [-0.15, -0.1) is 0 Å². The molecule has 1 aliphatic rings. The number of aromatic nitrogens is 2. The number of nitrogens with zero attached hydrogens (tertiary/aromatic N) is 4. The third-order valence-electron chi connectivity index (χ3n) is 3.10. The number of likely N-dealkylation sites (N-methyl/N-ethyl adjacent to an activating group) is 1. The van der Waals surface area contributed by atoms with Crippen LogP contribution in [0.5, 0.6) is 0 Å². The maximum Gasteiger partial charge on any atom is 0.246 e. The molecule has 0 saturated carbocycles. The molecule has 1 aromatic heterocycles. The van der Waals surface area contributed by atoms with Crippen molar-refractivity contribution in [1.82, 2.24) is 19.6 Å². The molecule has 0 atom stereocenters. The molecule has 102 valence electrons. The van der Waals surface area contributed by atoms with Gasteiger partial charge in [0.05, 0.1) is 35.1 Å². The summed E-state index contributed by atoms with van der Waals surface area (Å²) < 4.78 is 2.98. The monoisotopic (exact) mass is 374 g/mol. The summed E-state index contributed by atoms with van der Waals surface area (Å²) in [5.41, 5.74) is 1.05. The van der Waals surface area contributed by atoms with E-state index in [0.29, 0.717) is 19.6 Å². The molecule has 0 bridgehead atoms. The summed E-state index contributed by atoms with van der Waals surface area (Å²) >= 11 is 2.21. The molecule has 0 saturated heterocycles. The minimum Gasteiger partial charge on any atom is -0.333 e. The highest BCUT2D eigenvalue weighted by Gasteiger charge is 2.24. The van der Waals surface area contributed by atoms with Gasteiger partial charge in [-0.2, -0.15) is 5.10 Å². The van der Waals surface area contributed by atoms with Crippen molar-refractivity contribution in [3.8, 4) is 0 Å². The van der Waals surface area contributed by atoms with Crippen molar-refractivity contribution in [3.63, 3.8) is 0 Å². The van der Waals surface area contributed by atoms with Crippen LogP contribution < -0.4 is 0 Å². The lowest BCUT2D eigenvalue weighted by Crippen LogP contribution is -2.44. The van der Waals surface area contributed by atoms with E-state index in [0.717, 1.165) is 9.26 Å². The van der Waals surface area contributed by atoms with Gasteiger partial charge in [-0.3, -0.25) is 14.3 Å². The maximum absolute atomic E-state index is 12.1. The van der Waals surface area contributed by atoms with Gasteiger partial charge in [-0.05, 0) is 28.7 Å². The number of fused-ring (bicyclic) bond motifs is 1. The van der Waals surface area contributed by atoms with Crippen LogP contribution in [0.25, 0.3) is 0 Å². The summed E-state index contributed by atoms with van der Waals surface area (Å²) in [5, 5.41) is 4.25. The molecule has 1 aliphatic heterocycles. The standard InChI is InChI=1S/C12H15IN4O2/c1-3-11(18)15(2)8-12(19)16-4-5-17-10(7-16)9(13)6-14-17/h3,6H,1,4-5,7-8H2,2H3. The predicted octanol–water partition coefficient (Wildman–Crippen LogP) is 0.474. The number of amides is 2. The number of carbonyl (C=O) groups is 2. The highest BCUT2D eigenvalue weighted by Crippen LogP contribution is 2.18. The van der Waals surface area contributed by atoms with E-state index in [4.69, 9.17) is 0 Å². The zero-order valence-electron chi connectivity index (χ0n) is 10.7. The fraction of sp³-hybridized carbons (Fsp3) is 0.417. The van der Waals surface area contributed by atoms with Crippen molar-refractivity contribution in [1.29, 1.82) is 0 Å². The number of rotatable bonds is 3. The van der Waals surface area contributed by atoms with Gasteiger partial charge in [0, 0.05) is 13.6 Å². The minimum atomic E-state index is -0.245. The van der Waals surface area contributed by atoms with Crippen LogP contribution in [0.2, 0.25) is 0 Å². The Morgan fingerprint density at radius 1 is 1.58 bits per heavy atom. The molecule has 1 aromatic rings. The van der Waals surface area contributed by atoms with E-state index in [1.165, 1.54) is 11.0 Å². The summed E-state index contributed by atoms with van der Waals surface area (Å²) in [5.74, 6) is -0.300. The average molecular weight is 374 g/mol. The second kappa shape index (κ2) is 5.72. The molecule has 0 aromatic carbocycles. The molecule has 0 aliphatic carbocycles. The van der Waals surface area contributed by atoms with Crippen LogP contribution in [-0.2, 0) is 22.7 Å². The van der Waals surface area contributed by atoms with Gasteiger partial charge in [0.25, 0.3) is 0 Å². The summed E-state index contributed by atoms with van der Waals surface area (Å²) in [6.45, 7) is 5.36. The van der Waals surface area contributed by atoms with Gasteiger partial charge >= 0.3 is 0 Å². The van der Waals surface area contributed by atoms with Crippen molar-refractivity contribution in [2.75, 3.05) is 20.1 Å². The first kappa shape index (κ1) is 14.0. The van der Waals surface area contributed by atoms with E-state index < -0.39 is 0 Å². The SMILES string of the molecule is C=CC(=O)N(C)CC(=O)N1CCn2ncc(I)c2C1. The summed E-state index contributed by atoms with van der Waals surface area (Å²) in [6, 6.07) is 0. The minimum absolute atomic E-state index is 0.0547. The highest BCUT2D eigenvalue weighted by molar-refractivity contribution is 14.1. The topological polar surface area (TPSA) is 58.4 Å². The molecule has 0 fully saturated rings. The van der Waals surface area contributed by atoms with E-state index in [-0.39, 0.29) is 18.4 Å². The smallest absolute Gasteiger partial charge is 0.246 e. The Morgan fingerprint density at radius 2 is 2.32 bits per heavy atom. The van der Waals surface area contributed by atoms with E-state index in [2.05, 4.69) is 34.3 Å². The molecular formula is C12H15IN4O2. The van der Waals surface area contributed by atoms with Gasteiger partial charge in [-0.25, -0.2) is 0 Å². The van der Waals surface area contributed by atoms with Crippen molar-refractivity contribution in [2.45, 2.75) is 13.1 Å². The lowest BCUT2D eigenvalue weighted by Gasteiger charge is -2.29. The van der Waals surface area contributed by atoms with Gasteiger partial charge < -0.3 is 9.80 Å². The predicted molar refractivity (Wildman–Crippen MR) is 78.2 cm³/mol. The molecular weight excluding hydrogens is 359 g/mol. The van der Waals surface area contributed by atoms with E-state index >= 15 is 0 Å². The first-order valence-electron chi connectivity index (χ1n) is 5.88. The molecule has 0 spiro atoms. The van der Waals surface area contributed by atoms with Crippen LogP contribution in [0.3, 0.4) is 0 Å². The first-order valence-corrected chi connectivity index (χ1v) is 6.96. The van der Waals surface area contributed by atoms with Crippen LogP contribution >= 0.6 is 22.6 Å². The van der Waals surface area contributed by atoms with Crippen LogP contribution in [0.1, 0.15) is 5.69 Å².